The molecule has 0 aliphatic carbocycles. The van der Waals surface area contributed by atoms with E-state index in [0.29, 0.717) is 21.5 Å². The molecular formula is C16H14BrFO3. The Bertz CT molecular complexity index is 643. The highest BCUT2D eigenvalue weighted by molar-refractivity contribution is 9.10. The predicted molar refractivity (Wildman–Crippen MR) is 81.5 cm³/mol. The van der Waals surface area contributed by atoms with Crippen LogP contribution in [0, 0.1) is 5.82 Å². The number of ketones is 1. The van der Waals surface area contributed by atoms with E-state index in [4.69, 9.17) is 9.47 Å². The minimum Gasteiger partial charge on any atom is -0.489 e. The Labute approximate surface area is 130 Å². The molecule has 0 fully saturated rings. The first-order chi connectivity index (χ1) is 10.1. The minimum absolute atomic E-state index is 0.0483. The molecule has 0 spiro atoms. The second kappa shape index (κ2) is 7.22. The molecule has 0 bridgehead atoms. The zero-order valence-electron chi connectivity index (χ0n) is 11.4. The summed E-state index contributed by atoms with van der Waals surface area (Å²) in [5, 5.41) is 0. The Balaban J connectivity index is 1.89. The van der Waals surface area contributed by atoms with Gasteiger partial charge in [0.1, 0.15) is 30.5 Å². The SMILES string of the molecule is CC(=O)c1ccccc1OCCOc1ccc(F)cc1Br. The lowest BCUT2D eigenvalue weighted by Gasteiger charge is -2.11. The first-order valence-corrected chi connectivity index (χ1v) is 7.18. The molecule has 0 unspecified atom stereocenters. The van der Waals surface area contributed by atoms with Gasteiger partial charge in [0.25, 0.3) is 0 Å². The molecule has 0 aliphatic heterocycles. The Morgan fingerprint density at radius 1 is 1.10 bits per heavy atom. The van der Waals surface area contributed by atoms with E-state index in [0.717, 1.165) is 0 Å². The topological polar surface area (TPSA) is 35.5 Å². The minimum atomic E-state index is -0.333. The van der Waals surface area contributed by atoms with Crippen molar-refractivity contribution in [2.75, 3.05) is 13.2 Å². The summed E-state index contributed by atoms with van der Waals surface area (Å²) in [7, 11) is 0. The number of rotatable bonds is 6. The number of hydrogen-bond donors (Lipinski definition) is 0. The van der Waals surface area contributed by atoms with Crippen LogP contribution in [-0.4, -0.2) is 19.0 Å². The Morgan fingerprint density at radius 2 is 1.76 bits per heavy atom. The van der Waals surface area contributed by atoms with Crippen LogP contribution >= 0.6 is 15.9 Å². The third-order valence-corrected chi connectivity index (χ3v) is 3.38. The lowest BCUT2D eigenvalue weighted by molar-refractivity contribution is 0.101. The summed E-state index contributed by atoms with van der Waals surface area (Å²) < 4.78 is 24.5. The zero-order chi connectivity index (χ0) is 15.2. The van der Waals surface area contributed by atoms with Crippen molar-refractivity contribution in [2.24, 2.45) is 0 Å². The van der Waals surface area contributed by atoms with Gasteiger partial charge in [-0.3, -0.25) is 4.79 Å². The van der Waals surface area contributed by atoms with Crippen LogP contribution in [0.3, 0.4) is 0 Å². The summed E-state index contributed by atoms with van der Waals surface area (Å²) in [6.07, 6.45) is 0. The van der Waals surface area contributed by atoms with Crippen LogP contribution in [0.25, 0.3) is 0 Å². The summed E-state index contributed by atoms with van der Waals surface area (Å²) >= 11 is 3.22. The van der Waals surface area contributed by atoms with Crippen molar-refractivity contribution >= 4 is 21.7 Å². The van der Waals surface area contributed by atoms with Gasteiger partial charge >= 0.3 is 0 Å². The molecule has 0 saturated heterocycles. The van der Waals surface area contributed by atoms with Gasteiger partial charge in [0, 0.05) is 0 Å². The van der Waals surface area contributed by atoms with Crippen LogP contribution in [0.2, 0.25) is 0 Å². The van der Waals surface area contributed by atoms with Gasteiger partial charge in [-0.25, -0.2) is 4.39 Å². The maximum Gasteiger partial charge on any atom is 0.163 e. The molecule has 0 N–H and O–H groups in total. The van der Waals surface area contributed by atoms with E-state index >= 15 is 0 Å². The van der Waals surface area contributed by atoms with E-state index in [1.54, 1.807) is 30.3 Å². The standard InChI is InChI=1S/C16H14BrFO3/c1-11(19)13-4-2-3-5-15(13)20-8-9-21-16-7-6-12(18)10-14(16)17/h2-7,10H,8-9H2,1H3. The van der Waals surface area contributed by atoms with Crippen LogP contribution < -0.4 is 9.47 Å². The van der Waals surface area contributed by atoms with Crippen molar-refractivity contribution in [1.82, 2.24) is 0 Å². The average Bonchev–Trinajstić information content (AvgIpc) is 2.45. The fraction of sp³-hybridized carbons (Fsp3) is 0.188. The molecule has 0 radical (unpaired) electrons. The van der Waals surface area contributed by atoms with Crippen LogP contribution in [-0.2, 0) is 0 Å². The fourth-order valence-electron chi connectivity index (χ4n) is 1.78. The van der Waals surface area contributed by atoms with E-state index in [1.165, 1.54) is 19.1 Å². The van der Waals surface area contributed by atoms with E-state index in [9.17, 15) is 9.18 Å². The van der Waals surface area contributed by atoms with Crippen molar-refractivity contribution in [3.8, 4) is 11.5 Å². The maximum absolute atomic E-state index is 12.9. The summed E-state index contributed by atoms with van der Waals surface area (Å²) in [6.45, 7) is 2.07. The summed E-state index contributed by atoms with van der Waals surface area (Å²) in [6, 6.07) is 11.3. The first-order valence-electron chi connectivity index (χ1n) is 6.38. The highest BCUT2D eigenvalue weighted by Crippen LogP contribution is 2.25. The summed E-state index contributed by atoms with van der Waals surface area (Å²) in [5.74, 6) is 0.695. The largest absolute Gasteiger partial charge is 0.489 e. The molecule has 0 saturated carbocycles. The van der Waals surface area contributed by atoms with Gasteiger partial charge in [-0.2, -0.15) is 0 Å². The Morgan fingerprint density at radius 3 is 2.43 bits per heavy atom. The second-order valence-corrected chi connectivity index (χ2v) is 5.18. The molecule has 2 aromatic carbocycles. The quantitative estimate of drug-likeness (QED) is 0.575. The molecule has 110 valence electrons. The van der Waals surface area contributed by atoms with Crippen LogP contribution in [0.1, 0.15) is 17.3 Å². The number of benzene rings is 2. The van der Waals surface area contributed by atoms with Crippen molar-refractivity contribution in [3.63, 3.8) is 0 Å². The highest BCUT2D eigenvalue weighted by atomic mass is 79.9. The Hall–Kier alpha value is -1.88. The lowest BCUT2D eigenvalue weighted by atomic mass is 10.1. The van der Waals surface area contributed by atoms with E-state index in [1.807, 2.05) is 0 Å². The van der Waals surface area contributed by atoms with Crippen molar-refractivity contribution in [3.05, 3.63) is 58.3 Å². The molecule has 0 aliphatic rings. The van der Waals surface area contributed by atoms with Gasteiger partial charge in [0.05, 0.1) is 10.0 Å². The zero-order valence-corrected chi connectivity index (χ0v) is 13.0. The molecular weight excluding hydrogens is 339 g/mol. The van der Waals surface area contributed by atoms with Crippen molar-refractivity contribution in [2.45, 2.75) is 6.92 Å². The van der Waals surface area contributed by atoms with Gasteiger partial charge in [-0.15, -0.1) is 0 Å². The van der Waals surface area contributed by atoms with Crippen LogP contribution in [0.4, 0.5) is 4.39 Å². The number of carbonyl (C=O) groups excluding carboxylic acids is 1. The molecule has 0 amide bonds. The number of carbonyl (C=O) groups is 1. The smallest absolute Gasteiger partial charge is 0.163 e. The fourth-order valence-corrected chi connectivity index (χ4v) is 2.24. The molecule has 0 atom stereocenters. The first kappa shape index (κ1) is 15.5. The van der Waals surface area contributed by atoms with Gasteiger partial charge in [-0.05, 0) is 53.2 Å². The van der Waals surface area contributed by atoms with Gasteiger partial charge < -0.3 is 9.47 Å². The average molecular weight is 353 g/mol. The molecule has 2 aromatic rings. The highest BCUT2D eigenvalue weighted by Gasteiger charge is 2.07. The normalized spacial score (nSPS) is 10.2. The van der Waals surface area contributed by atoms with Gasteiger partial charge in [0.2, 0.25) is 0 Å². The maximum atomic E-state index is 12.9. The van der Waals surface area contributed by atoms with Crippen molar-refractivity contribution < 1.29 is 18.7 Å². The van der Waals surface area contributed by atoms with Crippen LogP contribution in [0.5, 0.6) is 11.5 Å². The number of ether oxygens (including phenoxy) is 2. The second-order valence-electron chi connectivity index (χ2n) is 4.32. The van der Waals surface area contributed by atoms with Crippen LogP contribution in [0.15, 0.2) is 46.9 Å². The summed E-state index contributed by atoms with van der Waals surface area (Å²) in [5.41, 5.74) is 0.542. The molecule has 21 heavy (non-hydrogen) atoms. The van der Waals surface area contributed by atoms with Crippen molar-refractivity contribution in [1.29, 1.82) is 0 Å². The molecule has 0 heterocycles. The van der Waals surface area contributed by atoms with E-state index in [2.05, 4.69) is 15.9 Å². The molecule has 2 rings (SSSR count). The summed E-state index contributed by atoms with van der Waals surface area (Å²) in [4.78, 5) is 11.4. The van der Waals surface area contributed by atoms with Gasteiger partial charge in [0.15, 0.2) is 5.78 Å². The monoisotopic (exact) mass is 352 g/mol. The third kappa shape index (κ3) is 4.29. The third-order valence-electron chi connectivity index (χ3n) is 2.76. The van der Waals surface area contributed by atoms with E-state index in [-0.39, 0.29) is 24.8 Å². The Kier molecular flexibility index (Phi) is 5.33. The van der Waals surface area contributed by atoms with E-state index < -0.39 is 0 Å². The van der Waals surface area contributed by atoms with Gasteiger partial charge in [-0.1, -0.05) is 12.1 Å². The number of para-hydroxylation sites is 1. The molecule has 3 nitrogen and oxygen atoms in total. The number of Topliss-reactive ketones (excluding diaryl/α,β-unsaturated/α-hetero) is 1. The lowest BCUT2D eigenvalue weighted by Crippen LogP contribution is -2.11. The molecule has 0 aromatic heterocycles. The number of hydrogen-bond acceptors (Lipinski definition) is 3. The molecule has 5 heteroatoms. The predicted octanol–water partition coefficient (Wildman–Crippen LogP) is 4.25. The number of halogens is 2.